The van der Waals surface area contributed by atoms with E-state index >= 15 is 0 Å². The summed E-state index contributed by atoms with van der Waals surface area (Å²) in [5, 5.41) is 0. The van der Waals surface area contributed by atoms with Crippen LogP contribution >= 0.6 is 17.2 Å². The van der Waals surface area contributed by atoms with Crippen molar-refractivity contribution in [2.24, 2.45) is 0 Å². The van der Waals surface area contributed by atoms with Gasteiger partial charge in [-0.25, -0.2) is 0 Å². The molecule has 1 N–H and O–H groups in total. The zero-order valence-electron chi connectivity index (χ0n) is 2.32. The molecule has 0 bridgehead atoms. The van der Waals surface area contributed by atoms with Gasteiger partial charge >= 0.3 is 17.2 Å². The number of nitrogens with one attached hydrogen (secondary N) is 1. The van der Waals surface area contributed by atoms with E-state index in [2.05, 4.69) is 4.86 Å². The van der Waals surface area contributed by atoms with Crippen molar-refractivity contribution in [3.63, 3.8) is 0 Å². The van der Waals surface area contributed by atoms with E-state index in [0.29, 0.717) is 0 Å². The van der Waals surface area contributed by atoms with E-state index < -0.39 is 17.2 Å². The van der Waals surface area contributed by atoms with Gasteiger partial charge in [-0.1, -0.05) is 0 Å². The molecule has 0 fully saturated rings. The Labute approximate surface area is 32.3 Å². The van der Waals surface area contributed by atoms with E-state index in [1.165, 1.54) is 0 Å². The lowest BCUT2D eigenvalue weighted by atomic mass is 13.9. The van der Waals surface area contributed by atoms with Crippen LogP contribution in [0.5, 0.6) is 0 Å². The van der Waals surface area contributed by atoms with Crippen LogP contribution < -0.4 is 4.86 Å². The lowest BCUT2D eigenvalue weighted by molar-refractivity contribution is 0.589. The first-order valence-electron chi connectivity index (χ1n) is 0.908. The van der Waals surface area contributed by atoms with Crippen LogP contribution in [-0.2, 0) is 9.13 Å². The minimum Gasteiger partial charge on any atom is -0.0491 e. The van der Waals surface area contributed by atoms with E-state index in [4.69, 9.17) is 0 Å². The molecule has 0 aliphatic carbocycles. The second kappa shape index (κ2) is 4.16. The maximum Gasteiger partial charge on any atom is 0.461 e. The highest BCUT2D eigenvalue weighted by Gasteiger charge is 1.86. The molecule has 0 amide bonds. The Morgan fingerprint density at radius 3 is 1.60 bits per heavy atom. The molecular weight excluding hydrogens is 108 g/mol. The fourth-order valence-corrected chi connectivity index (χ4v) is 0.188. The predicted molar refractivity (Wildman–Crippen MR) is 21.1 cm³/mol. The lowest BCUT2D eigenvalue weighted by Crippen LogP contribution is -1.63. The summed E-state index contributed by atoms with van der Waals surface area (Å²) in [7, 11) is -1.28. The minimum atomic E-state index is -0.642. The molecule has 0 aromatic rings. The van der Waals surface area contributed by atoms with Gasteiger partial charge in [0.1, 0.15) is 4.86 Å². The van der Waals surface area contributed by atoms with Gasteiger partial charge in [0.2, 0.25) is 0 Å². The molecule has 3 nitrogen and oxygen atoms in total. The van der Waals surface area contributed by atoms with Crippen LogP contribution in [0.2, 0.25) is 0 Å². The van der Waals surface area contributed by atoms with Crippen molar-refractivity contribution in [2.75, 3.05) is 0 Å². The maximum atomic E-state index is 9.25. The van der Waals surface area contributed by atoms with Gasteiger partial charge < -0.3 is 0 Å². The van der Waals surface area contributed by atoms with Crippen LogP contribution in [0.15, 0.2) is 0 Å². The molecule has 0 radical (unpaired) electrons. The highest BCUT2D eigenvalue weighted by molar-refractivity contribution is 7.38. The van der Waals surface area contributed by atoms with Crippen LogP contribution in [0.4, 0.5) is 0 Å². The zero-order chi connectivity index (χ0) is 4.12. The molecule has 28 valence electrons. The summed E-state index contributed by atoms with van der Waals surface area (Å²) >= 11 is 0. The smallest absolute Gasteiger partial charge is 0.0491 e. The lowest BCUT2D eigenvalue weighted by Gasteiger charge is -1.33. The van der Waals surface area contributed by atoms with Crippen molar-refractivity contribution in [1.29, 1.82) is 0 Å². The highest BCUT2D eigenvalue weighted by Crippen LogP contribution is 1.88. The predicted octanol–water partition coefficient (Wildman–Crippen LogP) is 0.454. The van der Waals surface area contributed by atoms with Crippen LogP contribution in [0, 0.1) is 0 Å². The summed E-state index contributed by atoms with van der Waals surface area (Å²) in [5.41, 5.74) is 0. The maximum absolute atomic E-state index is 9.25. The van der Waals surface area contributed by atoms with Crippen molar-refractivity contribution >= 4 is 17.2 Å². The van der Waals surface area contributed by atoms with Gasteiger partial charge in [-0.05, 0) is 9.13 Å². The Hall–Kier alpha value is 0.160. The largest absolute Gasteiger partial charge is 0.461 e. The average molecular weight is 111 g/mol. The van der Waals surface area contributed by atoms with E-state index in [-0.39, 0.29) is 0 Å². The second-order valence-electron chi connectivity index (χ2n) is 0.329. The van der Waals surface area contributed by atoms with E-state index in [1.54, 1.807) is 0 Å². The second-order valence-corrected chi connectivity index (χ2v) is 1.74. The van der Waals surface area contributed by atoms with E-state index in [9.17, 15) is 9.13 Å². The summed E-state index contributed by atoms with van der Waals surface area (Å²) < 4.78 is 18.5. The summed E-state index contributed by atoms with van der Waals surface area (Å²) in [5.74, 6) is 0. The molecule has 0 heterocycles. The normalized spacial score (nSPS) is 9.60. The molecular formula is H3NO2P2+2. The minimum absolute atomic E-state index is 0.642. The molecule has 0 aliphatic rings. The van der Waals surface area contributed by atoms with Gasteiger partial charge in [-0.2, -0.15) is 0 Å². The molecule has 2 unspecified atom stereocenters. The van der Waals surface area contributed by atoms with Gasteiger partial charge in [-0.3, -0.25) is 0 Å². The molecule has 0 spiro atoms. The van der Waals surface area contributed by atoms with Crippen molar-refractivity contribution in [2.45, 2.75) is 0 Å². The molecule has 0 aromatic heterocycles. The van der Waals surface area contributed by atoms with Crippen molar-refractivity contribution in [1.82, 2.24) is 4.86 Å². The fourth-order valence-electron chi connectivity index (χ4n) is 0.0208. The third kappa shape index (κ3) is 4.16. The average Bonchev–Trinajstić information content (AvgIpc) is 1.41. The standard InChI is InChI=1S/HNO2P2/c2-4-1-5-3/h(H,1,2,3)/p+2. The van der Waals surface area contributed by atoms with E-state index in [0.717, 1.165) is 0 Å². The van der Waals surface area contributed by atoms with Gasteiger partial charge in [-0.15, -0.1) is 0 Å². The number of hydrogen-bond acceptors (Lipinski definition) is 2. The quantitative estimate of drug-likeness (QED) is 0.526. The Morgan fingerprint density at radius 2 is 1.60 bits per heavy atom. The van der Waals surface area contributed by atoms with Crippen LogP contribution in [-0.4, -0.2) is 0 Å². The van der Waals surface area contributed by atoms with Crippen LogP contribution in [0.25, 0.3) is 0 Å². The Morgan fingerprint density at radius 1 is 1.20 bits per heavy atom. The summed E-state index contributed by atoms with van der Waals surface area (Å²) in [4.78, 5) is 2.06. The summed E-state index contributed by atoms with van der Waals surface area (Å²) in [6, 6.07) is 0. The van der Waals surface area contributed by atoms with Gasteiger partial charge in [0.25, 0.3) is 0 Å². The Kier molecular flexibility index (Phi) is 4.29. The van der Waals surface area contributed by atoms with Crippen molar-refractivity contribution < 1.29 is 9.13 Å². The molecule has 0 rings (SSSR count). The molecule has 0 saturated carbocycles. The third-order valence-electron chi connectivity index (χ3n) is 0.102. The molecule has 5 heteroatoms. The monoisotopic (exact) mass is 111 g/mol. The molecule has 0 aliphatic heterocycles. The molecule has 0 aromatic carbocycles. The number of rotatable bonds is 2. The third-order valence-corrected chi connectivity index (χ3v) is 0.919. The topological polar surface area (TPSA) is 46.2 Å². The van der Waals surface area contributed by atoms with Crippen LogP contribution in [0.1, 0.15) is 0 Å². The first kappa shape index (κ1) is 5.16. The number of hydrogen-bond donors (Lipinski definition) is 1. The zero-order valence-corrected chi connectivity index (χ0v) is 4.32. The first-order valence-corrected chi connectivity index (χ1v) is 2.72. The molecule has 0 saturated heterocycles. The molecule has 2 atom stereocenters. The fraction of sp³-hybridized carbons (Fsp3) is 0. The van der Waals surface area contributed by atoms with Crippen LogP contribution in [0.3, 0.4) is 0 Å². The Balaban J connectivity index is 2.65. The van der Waals surface area contributed by atoms with Gasteiger partial charge in [0.15, 0.2) is 0 Å². The summed E-state index contributed by atoms with van der Waals surface area (Å²) in [6.45, 7) is 0. The molecule has 5 heavy (non-hydrogen) atoms. The SMILES string of the molecule is O=[PH+]N[PH+]=O. The Bertz CT molecular complexity index is 36.9. The van der Waals surface area contributed by atoms with Crippen molar-refractivity contribution in [3.8, 4) is 0 Å². The summed E-state index contributed by atoms with van der Waals surface area (Å²) in [6.07, 6.45) is 0. The van der Waals surface area contributed by atoms with Gasteiger partial charge in [0, 0.05) is 0 Å². The van der Waals surface area contributed by atoms with Gasteiger partial charge in [0.05, 0.1) is 0 Å². The highest BCUT2D eigenvalue weighted by atomic mass is 31.1. The van der Waals surface area contributed by atoms with Crippen molar-refractivity contribution in [3.05, 3.63) is 0 Å². The van der Waals surface area contributed by atoms with E-state index in [1.807, 2.05) is 0 Å². The first-order chi connectivity index (χ1) is 2.41.